The summed E-state index contributed by atoms with van der Waals surface area (Å²) in [5, 5.41) is 6.91. The smallest absolute Gasteiger partial charge is 0.305 e. The van der Waals surface area contributed by atoms with Gasteiger partial charge in [-0.2, -0.15) is 0 Å². The number of halogens is 1. The average molecular weight is 468 g/mol. The van der Waals surface area contributed by atoms with Crippen LogP contribution in [0.25, 0.3) is 0 Å². The lowest BCUT2D eigenvalue weighted by Gasteiger charge is -2.35. The van der Waals surface area contributed by atoms with Crippen molar-refractivity contribution in [2.45, 2.75) is 71.4 Å². The van der Waals surface area contributed by atoms with Crippen molar-refractivity contribution in [3.8, 4) is 0 Å². The Morgan fingerprint density at radius 1 is 1.24 bits per heavy atom. The molecule has 0 radical (unpaired) electrons. The van der Waals surface area contributed by atoms with Crippen molar-refractivity contribution < 1.29 is 9.53 Å². The molecule has 1 heterocycles. The number of nitrogens with one attached hydrogen (secondary N) is 2. The van der Waals surface area contributed by atoms with Gasteiger partial charge in [0, 0.05) is 44.7 Å². The molecule has 1 saturated heterocycles. The fraction of sp³-hybridized carbons (Fsp3) is 0.889. The van der Waals surface area contributed by atoms with Crippen LogP contribution >= 0.6 is 24.0 Å². The number of ether oxygens (including phenoxy) is 1. The van der Waals surface area contributed by atoms with Gasteiger partial charge < -0.3 is 20.3 Å². The Bertz CT molecular complexity index is 383. The second-order valence-electron chi connectivity index (χ2n) is 6.70. The number of esters is 1. The van der Waals surface area contributed by atoms with Gasteiger partial charge in [-0.15, -0.1) is 24.0 Å². The molecule has 148 valence electrons. The zero-order valence-corrected chi connectivity index (χ0v) is 18.7. The van der Waals surface area contributed by atoms with Crippen LogP contribution < -0.4 is 10.6 Å². The maximum Gasteiger partial charge on any atom is 0.305 e. The average Bonchev–Trinajstić information content (AvgIpc) is 2.58. The largest absolute Gasteiger partial charge is 0.469 e. The summed E-state index contributed by atoms with van der Waals surface area (Å²) in [5.41, 5.74) is 0. The van der Waals surface area contributed by atoms with Gasteiger partial charge in [-0.25, -0.2) is 0 Å². The van der Waals surface area contributed by atoms with Crippen molar-refractivity contribution in [1.29, 1.82) is 0 Å². The minimum Gasteiger partial charge on any atom is -0.469 e. The number of hydrogen-bond acceptors (Lipinski definition) is 4. The second kappa shape index (κ2) is 14.6. The molecule has 0 amide bonds. The highest BCUT2D eigenvalue weighted by Crippen LogP contribution is 2.12. The van der Waals surface area contributed by atoms with Gasteiger partial charge in [-0.3, -0.25) is 9.79 Å². The fourth-order valence-corrected chi connectivity index (χ4v) is 2.92. The minimum absolute atomic E-state index is 0. The summed E-state index contributed by atoms with van der Waals surface area (Å²) in [4.78, 5) is 18.2. The highest BCUT2D eigenvalue weighted by atomic mass is 127. The summed E-state index contributed by atoms with van der Waals surface area (Å²) >= 11 is 0. The molecule has 1 fully saturated rings. The molecule has 2 N–H and O–H groups in total. The predicted octanol–water partition coefficient (Wildman–Crippen LogP) is 2.77. The number of likely N-dealkylation sites (tertiary alicyclic amines) is 1. The molecule has 1 rings (SSSR count). The number of methoxy groups -OCH3 is 1. The molecule has 0 aromatic heterocycles. The summed E-state index contributed by atoms with van der Waals surface area (Å²) in [6, 6.07) is 1.15. The number of guanidine groups is 1. The minimum atomic E-state index is -0.124. The maximum atomic E-state index is 11.1. The van der Waals surface area contributed by atoms with E-state index in [-0.39, 0.29) is 29.9 Å². The van der Waals surface area contributed by atoms with Gasteiger partial charge in [0.2, 0.25) is 0 Å². The van der Waals surface area contributed by atoms with Gasteiger partial charge in [0.1, 0.15) is 0 Å². The molecular formula is C18H37IN4O2. The van der Waals surface area contributed by atoms with Crippen molar-refractivity contribution in [2.75, 3.05) is 33.3 Å². The first-order chi connectivity index (χ1) is 11.6. The quantitative estimate of drug-likeness (QED) is 0.179. The molecule has 1 aliphatic heterocycles. The zero-order valence-electron chi connectivity index (χ0n) is 16.3. The number of unbranched alkanes of at least 4 members (excludes halogenated alkanes) is 2. The van der Waals surface area contributed by atoms with E-state index in [1.807, 2.05) is 0 Å². The van der Waals surface area contributed by atoms with Crippen molar-refractivity contribution in [1.82, 2.24) is 15.5 Å². The fourth-order valence-electron chi connectivity index (χ4n) is 2.92. The van der Waals surface area contributed by atoms with Crippen LogP contribution in [0.1, 0.15) is 59.3 Å². The van der Waals surface area contributed by atoms with E-state index in [4.69, 9.17) is 0 Å². The van der Waals surface area contributed by atoms with Crippen molar-refractivity contribution in [3.63, 3.8) is 0 Å². The number of nitrogens with zero attached hydrogens (tertiary/aromatic N) is 2. The number of carbonyl (C=O) groups excluding carboxylic acids is 1. The second-order valence-corrected chi connectivity index (χ2v) is 6.70. The Labute approximate surface area is 170 Å². The normalized spacial score (nSPS) is 16.4. The molecule has 6 nitrogen and oxygen atoms in total. The van der Waals surface area contributed by atoms with Gasteiger partial charge in [0.25, 0.3) is 0 Å². The molecule has 0 aromatic rings. The molecule has 0 bridgehead atoms. The highest BCUT2D eigenvalue weighted by molar-refractivity contribution is 14.0. The third kappa shape index (κ3) is 10.9. The van der Waals surface area contributed by atoms with Crippen LogP contribution in [0.4, 0.5) is 0 Å². The number of aliphatic imine (C=N–C) groups is 1. The van der Waals surface area contributed by atoms with Gasteiger partial charge in [0.05, 0.1) is 7.11 Å². The summed E-state index contributed by atoms with van der Waals surface area (Å²) in [7, 11) is 1.44. The maximum absolute atomic E-state index is 11.1. The van der Waals surface area contributed by atoms with Crippen molar-refractivity contribution >= 4 is 35.9 Å². The first-order valence-electron chi connectivity index (χ1n) is 9.42. The third-order valence-electron chi connectivity index (χ3n) is 4.48. The third-order valence-corrected chi connectivity index (χ3v) is 4.48. The summed E-state index contributed by atoms with van der Waals surface area (Å²) in [6.07, 6.45) is 5.72. The van der Waals surface area contributed by atoms with Crippen LogP contribution in [-0.4, -0.2) is 62.2 Å². The van der Waals surface area contributed by atoms with E-state index in [0.717, 1.165) is 51.4 Å². The standard InChI is InChI=1S/C18H36N4O2.HI/c1-5-19-18(20-12-8-6-7-9-17(23)24-4)21-16-10-13-22(14-11-16)15(2)3;/h15-16H,5-14H2,1-4H3,(H2,19,20,21);1H. The van der Waals surface area contributed by atoms with Gasteiger partial charge >= 0.3 is 5.97 Å². The first-order valence-corrected chi connectivity index (χ1v) is 9.42. The van der Waals surface area contributed by atoms with E-state index >= 15 is 0 Å². The van der Waals surface area contributed by atoms with Crippen molar-refractivity contribution in [3.05, 3.63) is 0 Å². The van der Waals surface area contributed by atoms with E-state index in [1.165, 1.54) is 20.0 Å². The Hall–Kier alpha value is -0.570. The Morgan fingerprint density at radius 3 is 2.48 bits per heavy atom. The molecule has 0 unspecified atom stereocenters. The van der Waals surface area contributed by atoms with E-state index < -0.39 is 0 Å². The summed E-state index contributed by atoms with van der Waals surface area (Å²) in [5.74, 6) is 0.801. The topological polar surface area (TPSA) is 66.0 Å². The monoisotopic (exact) mass is 468 g/mol. The van der Waals surface area contributed by atoms with E-state index in [1.54, 1.807) is 0 Å². The molecule has 0 saturated carbocycles. The number of piperidine rings is 1. The van der Waals surface area contributed by atoms with Gasteiger partial charge in [0.15, 0.2) is 5.96 Å². The van der Waals surface area contributed by atoms with Crippen LogP contribution in [-0.2, 0) is 9.53 Å². The first kappa shape index (κ1) is 24.4. The lowest BCUT2D eigenvalue weighted by Crippen LogP contribution is -2.49. The van der Waals surface area contributed by atoms with E-state index in [2.05, 4.69) is 46.0 Å². The Morgan fingerprint density at radius 2 is 1.92 bits per heavy atom. The van der Waals surface area contributed by atoms with Crippen LogP contribution in [0.2, 0.25) is 0 Å². The summed E-state index contributed by atoms with van der Waals surface area (Å²) < 4.78 is 4.64. The van der Waals surface area contributed by atoms with Crippen LogP contribution in [0.15, 0.2) is 4.99 Å². The predicted molar refractivity (Wildman–Crippen MR) is 115 cm³/mol. The molecule has 7 heteroatoms. The summed E-state index contributed by atoms with van der Waals surface area (Å²) in [6.45, 7) is 10.6. The van der Waals surface area contributed by atoms with Crippen molar-refractivity contribution in [2.24, 2.45) is 4.99 Å². The van der Waals surface area contributed by atoms with E-state index in [9.17, 15) is 4.79 Å². The van der Waals surface area contributed by atoms with Crippen LogP contribution in [0.5, 0.6) is 0 Å². The lowest BCUT2D eigenvalue weighted by molar-refractivity contribution is -0.140. The van der Waals surface area contributed by atoms with Crippen LogP contribution in [0.3, 0.4) is 0 Å². The Kier molecular flexibility index (Phi) is 14.3. The molecule has 0 atom stereocenters. The molecule has 0 aliphatic carbocycles. The zero-order chi connectivity index (χ0) is 17.8. The molecule has 1 aliphatic rings. The SMILES string of the molecule is CCNC(=NCCCCCC(=O)OC)NC1CCN(C(C)C)CC1.I. The molecular weight excluding hydrogens is 431 g/mol. The van der Waals surface area contributed by atoms with Gasteiger partial charge in [-0.05, 0) is 46.5 Å². The number of hydrogen-bond donors (Lipinski definition) is 2. The van der Waals surface area contributed by atoms with Crippen LogP contribution in [0, 0.1) is 0 Å². The highest BCUT2D eigenvalue weighted by Gasteiger charge is 2.21. The Balaban J connectivity index is 0.00000576. The molecule has 0 aromatic carbocycles. The molecule has 25 heavy (non-hydrogen) atoms. The number of carbonyl (C=O) groups is 1. The molecule has 0 spiro atoms. The number of rotatable bonds is 9. The van der Waals surface area contributed by atoms with E-state index in [0.29, 0.717) is 18.5 Å². The van der Waals surface area contributed by atoms with Gasteiger partial charge in [-0.1, -0.05) is 6.42 Å². The lowest BCUT2D eigenvalue weighted by atomic mass is 10.0.